The summed E-state index contributed by atoms with van der Waals surface area (Å²) in [5.74, 6) is -1.87. The van der Waals surface area contributed by atoms with Gasteiger partial charge in [0.25, 0.3) is 0 Å². The molecule has 65 valence electrons. The molecule has 0 saturated heterocycles. The Labute approximate surface area is 71.5 Å². The lowest BCUT2D eigenvalue weighted by Gasteiger charge is -2.21. The highest BCUT2D eigenvalue weighted by molar-refractivity contribution is 5.17. The molecule has 0 unspecified atom stereocenters. The maximum absolute atomic E-state index is 11.6. The van der Waals surface area contributed by atoms with Gasteiger partial charge in [0.05, 0.1) is 0 Å². The maximum atomic E-state index is 11.6. The molecule has 1 aromatic carbocycles. The van der Waals surface area contributed by atoms with Gasteiger partial charge < -0.3 is 9.47 Å². The smallest absolute Gasteiger partial charge is 0.325 e. The lowest BCUT2D eigenvalue weighted by molar-refractivity contribution is -0.382. The average Bonchev–Trinajstić information content (AvgIpc) is 2.18. The third-order valence-corrected chi connectivity index (χ3v) is 1.66. The van der Waals surface area contributed by atoms with Gasteiger partial charge in [0.2, 0.25) is 0 Å². The Hall–Kier alpha value is -0.900. The summed E-state index contributed by atoms with van der Waals surface area (Å²) in [5, 5.41) is 11.6. The first kappa shape index (κ1) is 9.19. The summed E-state index contributed by atoms with van der Waals surface area (Å²) >= 11 is 0. The van der Waals surface area contributed by atoms with Gasteiger partial charge in [0.1, 0.15) is 0 Å². The van der Waals surface area contributed by atoms with Crippen LogP contribution in [0.1, 0.15) is 5.56 Å². The molecule has 0 aliphatic carbocycles. The third kappa shape index (κ3) is 1.64. The van der Waals surface area contributed by atoms with Crippen molar-refractivity contribution in [2.75, 3.05) is 14.2 Å². The molecule has 1 aromatic rings. The Balaban J connectivity index is 2.95. The molecule has 1 rings (SSSR count). The van der Waals surface area contributed by atoms with Gasteiger partial charge in [-0.15, -0.1) is 0 Å². The van der Waals surface area contributed by atoms with Crippen LogP contribution >= 0.6 is 0 Å². The minimum absolute atomic E-state index is 0.468. The van der Waals surface area contributed by atoms with E-state index in [0.717, 1.165) is 0 Å². The van der Waals surface area contributed by atoms with Gasteiger partial charge in [-0.2, -0.15) is 5.11 Å². The van der Waals surface area contributed by atoms with Crippen molar-refractivity contribution in [1.82, 2.24) is 0 Å². The summed E-state index contributed by atoms with van der Waals surface area (Å²) in [6.45, 7) is 0. The molecule has 0 heterocycles. The van der Waals surface area contributed by atoms with E-state index in [4.69, 9.17) is 9.47 Å². The molecular formula is C9H11O3. The minimum Gasteiger partial charge on any atom is -0.325 e. The van der Waals surface area contributed by atoms with Crippen LogP contribution in [0.5, 0.6) is 0 Å². The standard InChI is InChI=1S/C9H11O3/c1-11-9(10,12-2)8-6-4-3-5-7-8/h3-7H,1-2H3. The second kappa shape index (κ2) is 3.67. The number of benzene rings is 1. The summed E-state index contributed by atoms with van der Waals surface area (Å²) in [4.78, 5) is 0. The van der Waals surface area contributed by atoms with Crippen molar-refractivity contribution in [3.8, 4) is 0 Å². The molecule has 0 fully saturated rings. The first-order valence-electron chi connectivity index (χ1n) is 3.59. The maximum Gasteiger partial charge on any atom is 0.340 e. The van der Waals surface area contributed by atoms with E-state index in [2.05, 4.69) is 0 Å². The molecule has 0 aromatic heterocycles. The Kier molecular flexibility index (Phi) is 2.81. The van der Waals surface area contributed by atoms with E-state index in [1.807, 2.05) is 6.07 Å². The van der Waals surface area contributed by atoms with Crippen molar-refractivity contribution < 1.29 is 14.6 Å². The number of rotatable bonds is 3. The van der Waals surface area contributed by atoms with Crippen molar-refractivity contribution in [1.29, 1.82) is 0 Å². The lowest BCUT2D eigenvalue weighted by Crippen LogP contribution is -2.28. The zero-order chi connectivity index (χ0) is 9.03. The lowest BCUT2D eigenvalue weighted by atomic mass is 10.2. The van der Waals surface area contributed by atoms with Crippen LogP contribution in [0, 0.1) is 0 Å². The van der Waals surface area contributed by atoms with Gasteiger partial charge in [0, 0.05) is 19.8 Å². The first-order chi connectivity index (χ1) is 5.73. The molecule has 0 N–H and O–H groups in total. The number of methoxy groups -OCH3 is 2. The highest BCUT2D eigenvalue weighted by atomic mass is 16.8. The molecule has 12 heavy (non-hydrogen) atoms. The van der Waals surface area contributed by atoms with Crippen LogP contribution in [0.2, 0.25) is 0 Å². The van der Waals surface area contributed by atoms with E-state index in [1.165, 1.54) is 14.2 Å². The second-order valence-electron chi connectivity index (χ2n) is 2.33. The molecule has 0 atom stereocenters. The van der Waals surface area contributed by atoms with Crippen molar-refractivity contribution >= 4 is 0 Å². The molecule has 0 amide bonds. The summed E-state index contributed by atoms with van der Waals surface area (Å²) in [6.07, 6.45) is 0. The van der Waals surface area contributed by atoms with Crippen molar-refractivity contribution in [3.05, 3.63) is 35.9 Å². The van der Waals surface area contributed by atoms with E-state index in [1.54, 1.807) is 24.3 Å². The topological polar surface area (TPSA) is 38.4 Å². The van der Waals surface area contributed by atoms with Gasteiger partial charge in [0.15, 0.2) is 0 Å². The molecule has 3 nitrogen and oxygen atoms in total. The number of hydrogen-bond acceptors (Lipinski definition) is 2. The van der Waals surface area contributed by atoms with E-state index < -0.39 is 5.97 Å². The van der Waals surface area contributed by atoms with Gasteiger partial charge in [-0.05, 0) is 0 Å². The zero-order valence-corrected chi connectivity index (χ0v) is 7.11. The molecule has 0 aliphatic heterocycles. The van der Waals surface area contributed by atoms with Crippen LogP contribution in [0.15, 0.2) is 30.3 Å². The fourth-order valence-electron chi connectivity index (χ4n) is 0.961. The van der Waals surface area contributed by atoms with Crippen LogP contribution in [-0.2, 0) is 20.6 Å². The van der Waals surface area contributed by atoms with E-state index in [0.29, 0.717) is 5.56 Å². The van der Waals surface area contributed by atoms with Gasteiger partial charge in [-0.25, -0.2) is 0 Å². The van der Waals surface area contributed by atoms with Gasteiger partial charge in [-0.1, -0.05) is 30.3 Å². The van der Waals surface area contributed by atoms with Crippen LogP contribution in [0.4, 0.5) is 0 Å². The van der Waals surface area contributed by atoms with Crippen molar-refractivity contribution in [2.24, 2.45) is 0 Å². The fraction of sp³-hybridized carbons (Fsp3) is 0.333. The molecule has 0 bridgehead atoms. The molecule has 0 aliphatic rings. The Morgan fingerprint density at radius 1 is 1.08 bits per heavy atom. The van der Waals surface area contributed by atoms with Crippen LogP contribution in [-0.4, -0.2) is 14.2 Å². The van der Waals surface area contributed by atoms with Gasteiger partial charge >= 0.3 is 5.97 Å². The van der Waals surface area contributed by atoms with E-state index in [9.17, 15) is 5.11 Å². The normalized spacial score (nSPS) is 11.6. The summed E-state index contributed by atoms with van der Waals surface area (Å²) in [7, 11) is 2.65. The third-order valence-electron chi connectivity index (χ3n) is 1.66. The summed E-state index contributed by atoms with van der Waals surface area (Å²) in [6, 6.07) is 8.69. The SMILES string of the molecule is COC([O])(OC)c1ccccc1. The Bertz CT molecular complexity index is 229. The average molecular weight is 167 g/mol. The second-order valence-corrected chi connectivity index (χ2v) is 2.33. The first-order valence-corrected chi connectivity index (χ1v) is 3.59. The van der Waals surface area contributed by atoms with Crippen LogP contribution in [0.3, 0.4) is 0 Å². The molecule has 0 saturated carbocycles. The zero-order valence-electron chi connectivity index (χ0n) is 7.11. The Morgan fingerprint density at radius 2 is 1.58 bits per heavy atom. The number of ether oxygens (including phenoxy) is 2. The molecule has 1 radical (unpaired) electrons. The van der Waals surface area contributed by atoms with Crippen LogP contribution in [0.25, 0.3) is 0 Å². The van der Waals surface area contributed by atoms with Crippen molar-refractivity contribution in [2.45, 2.75) is 5.97 Å². The molecular weight excluding hydrogens is 156 g/mol. The van der Waals surface area contributed by atoms with E-state index in [-0.39, 0.29) is 0 Å². The largest absolute Gasteiger partial charge is 0.340 e. The summed E-state index contributed by atoms with van der Waals surface area (Å²) in [5.41, 5.74) is 0.468. The monoisotopic (exact) mass is 167 g/mol. The quantitative estimate of drug-likeness (QED) is 0.640. The van der Waals surface area contributed by atoms with Gasteiger partial charge in [-0.3, -0.25) is 0 Å². The highest BCUT2D eigenvalue weighted by Gasteiger charge is 2.30. The minimum atomic E-state index is -1.87. The van der Waals surface area contributed by atoms with Crippen LogP contribution < -0.4 is 0 Å². The summed E-state index contributed by atoms with van der Waals surface area (Å²) < 4.78 is 9.39. The molecule has 0 spiro atoms. The van der Waals surface area contributed by atoms with Crippen molar-refractivity contribution in [3.63, 3.8) is 0 Å². The predicted octanol–water partition coefficient (Wildman–Crippen LogP) is 1.52. The predicted molar refractivity (Wildman–Crippen MR) is 42.8 cm³/mol. The highest BCUT2D eigenvalue weighted by Crippen LogP contribution is 2.22. The van der Waals surface area contributed by atoms with E-state index >= 15 is 0 Å². The Morgan fingerprint density at radius 3 is 2.00 bits per heavy atom. The fourth-order valence-corrected chi connectivity index (χ4v) is 0.961. The number of hydrogen-bond donors (Lipinski definition) is 0. The molecule has 3 heteroatoms.